The number of piperidine rings is 1. The molecule has 2 aromatic carbocycles. The molecule has 0 N–H and O–H groups in total. The Kier molecular flexibility index (Phi) is 8.82. The summed E-state index contributed by atoms with van der Waals surface area (Å²) in [6.07, 6.45) is 4.62. The minimum atomic E-state index is -0.465. The highest BCUT2D eigenvalue weighted by Crippen LogP contribution is 2.35. The largest absolute Gasteiger partial charge is 0.490 e. The summed E-state index contributed by atoms with van der Waals surface area (Å²) >= 11 is 12.9. The van der Waals surface area contributed by atoms with E-state index in [-0.39, 0.29) is 24.0 Å². The highest BCUT2D eigenvalue weighted by atomic mass is 35.5. The molecule has 0 aromatic heterocycles. The molecule has 0 atom stereocenters. The molecular weight excluding hydrogens is 523 g/mol. The highest BCUT2D eigenvalue weighted by molar-refractivity contribution is 8.18. The number of benzene rings is 2. The lowest BCUT2D eigenvalue weighted by atomic mass is 10.1. The highest BCUT2D eigenvalue weighted by Gasteiger charge is 2.37. The van der Waals surface area contributed by atoms with E-state index in [1.165, 1.54) is 0 Å². The SMILES string of the molecule is CCOc1cc(/C=C2\SC(=O)N(CC(=O)N3CCCCC3)C2=O)ccc1OCc1ccc(Cl)c(Cl)c1. The zero-order valence-electron chi connectivity index (χ0n) is 19.8. The van der Waals surface area contributed by atoms with Gasteiger partial charge in [0.2, 0.25) is 5.91 Å². The van der Waals surface area contributed by atoms with Crippen LogP contribution in [0.15, 0.2) is 41.3 Å². The van der Waals surface area contributed by atoms with Gasteiger partial charge in [-0.1, -0.05) is 35.3 Å². The molecule has 4 rings (SSSR count). The minimum Gasteiger partial charge on any atom is -0.490 e. The van der Waals surface area contributed by atoms with Gasteiger partial charge in [-0.3, -0.25) is 19.3 Å². The molecule has 2 saturated heterocycles. The molecule has 7 nitrogen and oxygen atoms in total. The van der Waals surface area contributed by atoms with E-state index in [1.54, 1.807) is 41.3 Å². The maximum absolute atomic E-state index is 12.9. The molecule has 36 heavy (non-hydrogen) atoms. The number of imide groups is 1. The van der Waals surface area contributed by atoms with Crippen LogP contribution in [0, 0.1) is 0 Å². The summed E-state index contributed by atoms with van der Waals surface area (Å²) in [7, 11) is 0. The van der Waals surface area contributed by atoms with Crippen LogP contribution >= 0.6 is 35.0 Å². The number of nitrogens with zero attached hydrogens (tertiary/aromatic N) is 2. The second kappa shape index (κ2) is 12.0. The van der Waals surface area contributed by atoms with Crippen molar-refractivity contribution >= 4 is 58.1 Å². The molecule has 2 aliphatic rings. The number of amides is 3. The number of hydrogen-bond donors (Lipinski definition) is 0. The van der Waals surface area contributed by atoms with Gasteiger partial charge in [-0.05, 0) is 79.4 Å². The van der Waals surface area contributed by atoms with Crippen molar-refractivity contribution < 1.29 is 23.9 Å². The van der Waals surface area contributed by atoms with E-state index < -0.39 is 11.1 Å². The molecular formula is C26H26Cl2N2O5S. The van der Waals surface area contributed by atoms with Crippen molar-refractivity contribution in [1.82, 2.24) is 9.80 Å². The second-order valence-corrected chi connectivity index (χ2v) is 10.2. The third-order valence-electron chi connectivity index (χ3n) is 5.82. The molecule has 3 amide bonds. The van der Waals surface area contributed by atoms with Crippen LogP contribution in [0.4, 0.5) is 4.79 Å². The minimum absolute atomic E-state index is 0.194. The number of ether oxygens (including phenoxy) is 2. The first-order valence-corrected chi connectivity index (χ1v) is 13.3. The summed E-state index contributed by atoms with van der Waals surface area (Å²) in [4.78, 5) is 41.0. The summed E-state index contributed by atoms with van der Waals surface area (Å²) in [5.41, 5.74) is 1.52. The first kappa shape index (κ1) is 26.4. The third kappa shape index (κ3) is 6.35. The molecule has 0 unspecified atom stereocenters. The maximum Gasteiger partial charge on any atom is 0.294 e. The van der Waals surface area contributed by atoms with Gasteiger partial charge in [-0.25, -0.2) is 0 Å². The average molecular weight is 549 g/mol. The Balaban J connectivity index is 1.46. The van der Waals surface area contributed by atoms with Crippen molar-refractivity contribution in [2.24, 2.45) is 0 Å². The van der Waals surface area contributed by atoms with Crippen LogP contribution in [0.2, 0.25) is 10.0 Å². The summed E-state index contributed by atoms with van der Waals surface area (Å²) in [6.45, 7) is 3.66. The van der Waals surface area contributed by atoms with Gasteiger partial charge >= 0.3 is 0 Å². The van der Waals surface area contributed by atoms with Crippen molar-refractivity contribution in [1.29, 1.82) is 0 Å². The molecule has 2 heterocycles. The molecule has 0 spiro atoms. The molecule has 190 valence electrons. The number of hydrogen-bond acceptors (Lipinski definition) is 6. The predicted molar refractivity (Wildman–Crippen MR) is 142 cm³/mol. The molecule has 2 aromatic rings. The summed E-state index contributed by atoms with van der Waals surface area (Å²) in [6, 6.07) is 10.6. The number of likely N-dealkylation sites (tertiary alicyclic amines) is 1. The van der Waals surface area contributed by atoms with E-state index in [1.807, 2.05) is 13.0 Å². The third-order valence-corrected chi connectivity index (χ3v) is 7.47. The first-order chi connectivity index (χ1) is 17.4. The van der Waals surface area contributed by atoms with Gasteiger partial charge in [0, 0.05) is 13.1 Å². The number of carbonyl (C=O) groups excluding carboxylic acids is 3. The Morgan fingerprint density at radius 2 is 1.78 bits per heavy atom. The monoisotopic (exact) mass is 548 g/mol. The zero-order valence-corrected chi connectivity index (χ0v) is 22.1. The molecule has 2 fully saturated rings. The lowest BCUT2D eigenvalue weighted by Gasteiger charge is -2.27. The van der Waals surface area contributed by atoms with Crippen LogP contribution in [-0.4, -0.2) is 53.1 Å². The normalized spacial score (nSPS) is 17.1. The van der Waals surface area contributed by atoms with Gasteiger partial charge in [0.1, 0.15) is 13.2 Å². The number of carbonyl (C=O) groups is 3. The van der Waals surface area contributed by atoms with Crippen LogP contribution in [0.3, 0.4) is 0 Å². The molecule has 0 aliphatic carbocycles. The number of rotatable bonds is 8. The molecule has 10 heteroatoms. The Hall–Kier alpha value is -2.68. The Morgan fingerprint density at radius 1 is 1.00 bits per heavy atom. The van der Waals surface area contributed by atoms with E-state index in [2.05, 4.69) is 0 Å². The molecule has 0 radical (unpaired) electrons. The topological polar surface area (TPSA) is 76.2 Å². The Labute approximate surface area is 224 Å². The van der Waals surface area contributed by atoms with E-state index in [9.17, 15) is 14.4 Å². The fraction of sp³-hybridized carbons (Fsp3) is 0.346. The lowest BCUT2D eigenvalue weighted by Crippen LogP contribution is -2.44. The summed E-state index contributed by atoms with van der Waals surface area (Å²) in [5.74, 6) is 0.375. The van der Waals surface area contributed by atoms with Crippen molar-refractivity contribution in [3.8, 4) is 11.5 Å². The van der Waals surface area contributed by atoms with Crippen LogP contribution < -0.4 is 9.47 Å². The van der Waals surface area contributed by atoms with Crippen molar-refractivity contribution in [3.05, 3.63) is 62.5 Å². The van der Waals surface area contributed by atoms with Crippen molar-refractivity contribution in [2.45, 2.75) is 32.8 Å². The van der Waals surface area contributed by atoms with E-state index in [4.69, 9.17) is 32.7 Å². The Bertz CT molecular complexity index is 1200. The van der Waals surface area contributed by atoms with Gasteiger partial charge in [0.25, 0.3) is 11.1 Å². The standard InChI is InChI=1S/C26H26Cl2N2O5S/c1-2-34-22-13-17(7-9-21(22)35-16-18-6-8-19(27)20(28)12-18)14-23-25(32)30(26(33)36-23)15-24(31)29-10-4-3-5-11-29/h6-9,12-14H,2-5,10-11,15-16H2,1H3/b23-14-. The quantitative estimate of drug-likeness (QED) is 0.375. The van der Waals surface area contributed by atoms with E-state index >= 15 is 0 Å². The molecule has 0 saturated carbocycles. The van der Waals surface area contributed by atoms with E-state index in [0.29, 0.717) is 46.8 Å². The summed E-state index contributed by atoms with van der Waals surface area (Å²) < 4.78 is 11.7. The van der Waals surface area contributed by atoms with Gasteiger partial charge in [0.05, 0.1) is 21.6 Å². The van der Waals surface area contributed by atoms with Gasteiger partial charge < -0.3 is 14.4 Å². The zero-order chi connectivity index (χ0) is 25.7. The lowest BCUT2D eigenvalue weighted by molar-refractivity contribution is -0.136. The Morgan fingerprint density at radius 3 is 2.50 bits per heavy atom. The average Bonchev–Trinajstić information content (AvgIpc) is 3.13. The van der Waals surface area contributed by atoms with Crippen LogP contribution in [0.1, 0.15) is 37.3 Å². The second-order valence-electron chi connectivity index (χ2n) is 8.39. The van der Waals surface area contributed by atoms with Crippen LogP contribution in [0.25, 0.3) is 6.08 Å². The first-order valence-electron chi connectivity index (χ1n) is 11.7. The molecule has 2 aliphatic heterocycles. The fourth-order valence-corrected chi connectivity index (χ4v) is 5.12. The maximum atomic E-state index is 12.9. The smallest absolute Gasteiger partial charge is 0.294 e. The van der Waals surface area contributed by atoms with Crippen LogP contribution in [0.5, 0.6) is 11.5 Å². The van der Waals surface area contributed by atoms with Gasteiger partial charge in [-0.15, -0.1) is 0 Å². The van der Waals surface area contributed by atoms with Crippen molar-refractivity contribution in [2.75, 3.05) is 26.2 Å². The molecule has 0 bridgehead atoms. The van der Waals surface area contributed by atoms with Gasteiger partial charge in [0.15, 0.2) is 11.5 Å². The number of thioether (sulfide) groups is 1. The number of halogens is 2. The fourth-order valence-electron chi connectivity index (χ4n) is 3.96. The van der Waals surface area contributed by atoms with Gasteiger partial charge in [-0.2, -0.15) is 0 Å². The predicted octanol–water partition coefficient (Wildman–Crippen LogP) is 6.02. The van der Waals surface area contributed by atoms with Crippen LogP contribution in [-0.2, 0) is 16.2 Å². The van der Waals surface area contributed by atoms with E-state index in [0.717, 1.165) is 41.5 Å². The summed E-state index contributed by atoms with van der Waals surface area (Å²) in [5, 5.41) is 0.480. The van der Waals surface area contributed by atoms with Crippen molar-refractivity contribution in [3.63, 3.8) is 0 Å².